The molecule has 0 N–H and O–H groups in total. The highest BCUT2D eigenvalue weighted by Crippen LogP contribution is 2.40. The molecular formula is C38H22O6. The molecule has 0 unspecified atom stereocenters. The van der Waals surface area contributed by atoms with Crippen molar-refractivity contribution in [1.29, 1.82) is 0 Å². The lowest BCUT2D eigenvalue weighted by Gasteiger charge is -2.15. The number of hydrogen-bond donors (Lipinski definition) is 0. The van der Waals surface area contributed by atoms with Gasteiger partial charge in [0.05, 0.1) is 0 Å². The van der Waals surface area contributed by atoms with E-state index in [1.807, 2.05) is 72.8 Å². The van der Waals surface area contributed by atoms with E-state index < -0.39 is 22.8 Å². The lowest BCUT2D eigenvalue weighted by Crippen LogP contribution is -2.14. The van der Waals surface area contributed by atoms with Gasteiger partial charge in [-0.15, -0.1) is 0 Å². The highest BCUT2D eigenvalue weighted by molar-refractivity contribution is 6.33. The van der Waals surface area contributed by atoms with Crippen molar-refractivity contribution in [3.63, 3.8) is 0 Å². The maximum Gasteiger partial charge on any atom is 0.336 e. The Morgan fingerprint density at radius 2 is 0.841 bits per heavy atom. The van der Waals surface area contributed by atoms with E-state index in [0.29, 0.717) is 32.3 Å². The van der Waals surface area contributed by atoms with Crippen LogP contribution in [-0.2, 0) is 9.59 Å². The Morgan fingerprint density at radius 3 is 1.25 bits per heavy atom. The number of hydrogen-bond acceptors (Lipinski definition) is 6. The second-order valence-corrected chi connectivity index (χ2v) is 10.3. The summed E-state index contributed by atoms with van der Waals surface area (Å²) in [5.74, 6) is -1.69. The molecule has 0 aromatic heterocycles. The quantitative estimate of drug-likeness (QED) is 0.0690. The fourth-order valence-electron chi connectivity index (χ4n) is 5.63. The molecule has 0 amide bonds. The third kappa shape index (κ3) is 4.74. The molecule has 0 atom stereocenters. The first-order chi connectivity index (χ1) is 21.5. The molecule has 0 saturated heterocycles. The number of carbonyl (C=O) groups excluding carboxylic acids is 2. The number of benzene rings is 7. The minimum absolute atomic E-state index is 0.143. The summed E-state index contributed by atoms with van der Waals surface area (Å²) in [5.41, 5.74) is 0.756. The van der Waals surface area contributed by atoms with Crippen LogP contribution in [0.2, 0.25) is 0 Å². The minimum atomic E-state index is -0.704. The molecule has 44 heavy (non-hydrogen) atoms. The molecule has 7 aromatic rings. The Balaban J connectivity index is 1.38. The summed E-state index contributed by atoms with van der Waals surface area (Å²) >= 11 is 0. The predicted molar refractivity (Wildman–Crippen MR) is 174 cm³/mol. The van der Waals surface area contributed by atoms with E-state index >= 15 is 0 Å². The molecule has 6 heteroatoms. The number of ether oxygens (including phenoxy) is 2. The van der Waals surface area contributed by atoms with Crippen LogP contribution in [0.5, 0.6) is 11.5 Å². The van der Waals surface area contributed by atoms with Gasteiger partial charge in [-0.1, -0.05) is 97.1 Å². The molecule has 7 aromatic carbocycles. The highest BCUT2D eigenvalue weighted by Gasteiger charge is 2.21. The van der Waals surface area contributed by atoms with Crippen LogP contribution in [0.1, 0.15) is 11.1 Å². The molecule has 0 aliphatic heterocycles. The van der Waals surface area contributed by atoms with Crippen molar-refractivity contribution in [1.82, 2.24) is 0 Å². The Morgan fingerprint density at radius 1 is 0.455 bits per heavy atom. The molecule has 0 radical (unpaired) electrons. The van der Waals surface area contributed by atoms with Gasteiger partial charge in [-0.05, 0) is 57.0 Å². The van der Waals surface area contributed by atoms with Crippen LogP contribution in [0.25, 0.3) is 55.2 Å². The van der Waals surface area contributed by atoms with Gasteiger partial charge in [0.25, 0.3) is 0 Å². The Kier molecular flexibility index (Phi) is 6.64. The summed E-state index contributed by atoms with van der Waals surface area (Å²) in [6.07, 6.45) is 5.74. The maximum absolute atomic E-state index is 13.6. The fraction of sp³-hybridized carbons (Fsp3) is 0. The first-order valence-electron chi connectivity index (χ1n) is 13.9. The normalized spacial score (nSPS) is 11.8. The summed E-state index contributed by atoms with van der Waals surface area (Å²) in [5, 5.41) is 4.81. The van der Waals surface area contributed by atoms with Crippen molar-refractivity contribution < 1.29 is 19.1 Å². The van der Waals surface area contributed by atoms with Gasteiger partial charge in [-0.2, -0.15) is 0 Å². The molecule has 0 heterocycles. The van der Waals surface area contributed by atoms with Crippen LogP contribution in [-0.4, -0.2) is 11.9 Å². The summed E-state index contributed by atoms with van der Waals surface area (Å²) in [7, 11) is 0. The van der Waals surface area contributed by atoms with E-state index in [-0.39, 0.29) is 11.5 Å². The van der Waals surface area contributed by atoms with Crippen LogP contribution in [0, 0.1) is 0 Å². The molecule has 0 aliphatic rings. The van der Waals surface area contributed by atoms with Gasteiger partial charge in [0.1, 0.15) is 0 Å². The van der Waals surface area contributed by atoms with Crippen molar-refractivity contribution in [3.05, 3.63) is 153 Å². The SMILES string of the molecule is O=C(/C=C/c1ccccc1)Oc1cc2c3cc(OC(=O)/C=C/c4ccccc4)c(=O)c4cccc(c5cccc(c1=O)c52)c43. The monoisotopic (exact) mass is 574 g/mol. The van der Waals surface area contributed by atoms with Gasteiger partial charge < -0.3 is 9.47 Å². The van der Waals surface area contributed by atoms with Gasteiger partial charge in [-0.3, -0.25) is 9.59 Å². The number of fused-ring (bicyclic) bond motifs is 2. The van der Waals surface area contributed by atoms with Crippen LogP contribution < -0.4 is 20.3 Å². The largest absolute Gasteiger partial charge is 0.419 e. The zero-order chi connectivity index (χ0) is 30.2. The van der Waals surface area contributed by atoms with E-state index in [1.54, 1.807) is 36.4 Å². The molecule has 0 aliphatic carbocycles. The van der Waals surface area contributed by atoms with Crippen LogP contribution >= 0.6 is 0 Å². The minimum Gasteiger partial charge on any atom is -0.419 e. The molecule has 210 valence electrons. The lowest BCUT2D eigenvalue weighted by atomic mass is 9.89. The summed E-state index contributed by atoms with van der Waals surface area (Å²) < 4.78 is 11.1. The van der Waals surface area contributed by atoms with Crippen LogP contribution in [0.3, 0.4) is 0 Å². The third-order valence-corrected chi connectivity index (χ3v) is 7.58. The number of rotatable bonds is 6. The van der Waals surface area contributed by atoms with Crippen molar-refractivity contribution in [2.45, 2.75) is 0 Å². The molecular weight excluding hydrogens is 552 g/mol. The van der Waals surface area contributed by atoms with Crippen LogP contribution in [0.4, 0.5) is 0 Å². The average Bonchev–Trinajstić information content (AvgIpc) is 3.06. The van der Waals surface area contributed by atoms with E-state index in [4.69, 9.17) is 9.47 Å². The average molecular weight is 575 g/mol. The topological polar surface area (TPSA) is 86.7 Å². The lowest BCUT2D eigenvalue weighted by molar-refractivity contribution is -0.129. The van der Waals surface area contributed by atoms with Crippen molar-refractivity contribution in [2.24, 2.45) is 0 Å². The van der Waals surface area contributed by atoms with Gasteiger partial charge >= 0.3 is 11.9 Å². The number of carbonyl (C=O) groups is 2. The maximum atomic E-state index is 13.6. The second-order valence-electron chi connectivity index (χ2n) is 10.3. The zero-order valence-corrected chi connectivity index (χ0v) is 23.2. The molecule has 0 saturated carbocycles. The van der Waals surface area contributed by atoms with Crippen molar-refractivity contribution in [2.75, 3.05) is 0 Å². The van der Waals surface area contributed by atoms with Crippen LogP contribution in [0.15, 0.2) is 131 Å². The van der Waals surface area contributed by atoms with Gasteiger partial charge in [0.15, 0.2) is 11.5 Å². The molecule has 6 nitrogen and oxygen atoms in total. The Bertz CT molecular complexity index is 2220. The van der Waals surface area contributed by atoms with Gasteiger partial charge in [-0.25, -0.2) is 9.59 Å². The third-order valence-electron chi connectivity index (χ3n) is 7.58. The summed E-state index contributed by atoms with van der Waals surface area (Å²) in [6, 6.07) is 32.3. The summed E-state index contributed by atoms with van der Waals surface area (Å²) in [4.78, 5) is 52.7. The molecule has 0 fully saturated rings. The van der Waals surface area contributed by atoms with E-state index in [2.05, 4.69) is 0 Å². The zero-order valence-electron chi connectivity index (χ0n) is 23.2. The van der Waals surface area contributed by atoms with Gasteiger partial charge in [0.2, 0.25) is 10.9 Å². The first kappa shape index (κ1) is 26.7. The van der Waals surface area contributed by atoms with E-state index in [0.717, 1.165) is 21.9 Å². The van der Waals surface area contributed by atoms with Gasteiger partial charge in [0, 0.05) is 33.7 Å². The first-order valence-corrected chi connectivity index (χ1v) is 13.9. The smallest absolute Gasteiger partial charge is 0.336 e. The van der Waals surface area contributed by atoms with E-state index in [9.17, 15) is 19.2 Å². The van der Waals surface area contributed by atoms with E-state index in [1.165, 1.54) is 24.3 Å². The second kappa shape index (κ2) is 10.9. The highest BCUT2D eigenvalue weighted by atomic mass is 16.5. The number of esters is 2. The van der Waals surface area contributed by atoms with Crippen molar-refractivity contribution in [3.8, 4) is 11.5 Å². The fourth-order valence-corrected chi connectivity index (χ4v) is 5.63. The molecule has 0 spiro atoms. The Labute approximate surface area is 250 Å². The predicted octanol–water partition coefficient (Wildman–Crippen LogP) is 7.13. The summed E-state index contributed by atoms with van der Waals surface area (Å²) in [6.45, 7) is 0. The molecule has 7 rings (SSSR count). The Hall–Kier alpha value is -6.14. The standard InChI is InChI=1S/C38H22O6/c39-33(19-17-23-9-3-1-4-10-23)43-31-21-29-30-22-32(44-34(40)20-18-24-11-5-2-6-12-24)38(42)28-16-8-14-26(36(28)30)25-13-7-15-27(35(25)29)37(31)41/h1-22H/b19-17+,20-18+. The van der Waals surface area contributed by atoms with Crippen molar-refractivity contribution >= 4 is 67.2 Å². The molecule has 0 bridgehead atoms.